The lowest BCUT2D eigenvalue weighted by atomic mass is 10.1. The number of rotatable bonds is 2. The molecular weight excluding hydrogens is 323 g/mol. The molecule has 0 amide bonds. The van der Waals surface area contributed by atoms with E-state index < -0.39 is 0 Å². The van der Waals surface area contributed by atoms with Crippen molar-refractivity contribution in [1.82, 2.24) is 0 Å². The van der Waals surface area contributed by atoms with E-state index in [1.165, 1.54) is 10.9 Å². The first kappa shape index (κ1) is 13.1. The molecule has 2 rings (SSSR count). The van der Waals surface area contributed by atoms with Gasteiger partial charge >= 0.3 is 0 Å². The minimum absolute atomic E-state index is 0.211. The second-order valence-electron chi connectivity index (χ2n) is 3.94. The van der Waals surface area contributed by atoms with Crippen molar-refractivity contribution in [2.24, 2.45) is 0 Å². The average molecular weight is 334 g/mol. The number of halogens is 3. The molecule has 0 N–H and O–H groups in total. The fraction of sp³-hybridized carbons (Fsp3) is 0.231. The summed E-state index contributed by atoms with van der Waals surface area (Å²) in [7, 11) is 0. The second kappa shape index (κ2) is 5.09. The molecule has 90 valence electrons. The minimum atomic E-state index is -0.307. The quantitative estimate of drug-likeness (QED) is 0.628. The zero-order valence-corrected chi connectivity index (χ0v) is 12.6. The molecule has 0 aliphatic heterocycles. The lowest BCUT2D eigenvalue weighted by molar-refractivity contribution is 0.616. The van der Waals surface area contributed by atoms with Crippen LogP contribution in [0.1, 0.15) is 26.3 Å². The summed E-state index contributed by atoms with van der Waals surface area (Å²) < 4.78 is 14.5. The number of alkyl halides is 1. The van der Waals surface area contributed by atoms with Gasteiger partial charge in [-0.1, -0.05) is 12.1 Å². The molecule has 1 heterocycles. The van der Waals surface area contributed by atoms with Crippen LogP contribution in [0.25, 0.3) is 0 Å². The van der Waals surface area contributed by atoms with Gasteiger partial charge in [0.15, 0.2) is 0 Å². The molecule has 0 nitrogen and oxygen atoms in total. The van der Waals surface area contributed by atoms with Crippen LogP contribution in [0.3, 0.4) is 0 Å². The van der Waals surface area contributed by atoms with Crippen molar-refractivity contribution in [2.45, 2.75) is 19.2 Å². The van der Waals surface area contributed by atoms with Crippen LogP contribution in [-0.4, -0.2) is 0 Å². The molecule has 1 unspecified atom stereocenters. The number of hydrogen-bond donors (Lipinski definition) is 0. The first-order valence-corrected chi connectivity index (χ1v) is 7.19. The van der Waals surface area contributed by atoms with Crippen molar-refractivity contribution >= 4 is 38.9 Å². The molecule has 0 saturated heterocycles. The van der Waals surface area contributed by atoms with E-state index in [0.29, 0.717) is 5.56 Å². The van der Waals surface area contributed by atoms with Gasteiger partial charge in [-0.3, -0.25) is 0 Å². The summed E-state index contributed by atoms with van der Waals surface area (Å²) in [5.41, 5.74) is 1.43. The third-order valence-corrected chi connectivity index (χ3v) is 5.19. The van der Waals surface area contributed by atoms with Crippen molar-refractivity contribution in [3.8, 4) is 0 Å². The van der Waals surface area contributed by atoms with Gasteiger partial charge in [0.2, 0.25) is 0 Å². The predicted molar refractivity (Wildman–Crippen MR) is 75.6 cm³/mol. The number of benzene rings is 1. The van der Waals surface area contributed by atoms with Crippen molar-refractivity contribution in [2.75, 3.05) is 0 Å². The van der Waals surface area contributed by atoms with Crippen LogP contribution < -0.4 is 0 Å². The van der Waals surface area contributed by atoms with E-state index in [2.05, 4.69) is 15.9 Å². The van der Waals surface area contributed by atoms with Crippen LogP contribution in [0.15, 0.2) is 28.7 Å². The van der Waals surface area contributed by atoms with Gasteiger partial charge in [-0.15, -0.1) is 22.9 Å². The van der Waals surface area contributed by atoms with E-state index in [4.69, 9.17) is 11.6 Å². The predicted octanol–water partition coefficient (Wildman–Crippen LogP) is 5.59. The van der Waals surface area contributed by atoms with Crippen molar-refractivity contribution in [3.05, 3.63) is 55.4 Å². The highest BCUT2D eigenvalue weighted by molar-refractivity contribution is 9.10. The lowest BCUT2D eigenvalue weighted by Gasteiger charge is -2.09. The zero-order valence-electron chi connectivity index (χ0n) is 9.43. The molecule has 2 aromatic rings. The molecule has 0 radical (unpaired) electrons. The summed E-state index contributed by atoms with van der Waals surface area (Å²) >= 11 is 11.5. The Hall–Kier alpha value is -0.380. The summed E-state index contributed by atoms with van der Waals surface area (Å²) in [6.45, 7) is 3.77. The molecular formula is C13H11BrClFS. The normalized spacial score (nSPS) is 12.8. The van der Waals surface area contributed by atoms with Crippen molar-refractivity contribution < 1.29 is 4.39 Å². The molecule has 0 aliphatic carbocycles. The fourth-order valence-electron chi connectivity index (χ4n) is 1.59. The maximum absolute atomic E-state index is 13.5. The van der Waals surface area contributed by atoms with E-state index in [1.807, 2.05) is 19.1 Å². The Bertz CT molecular complexity index is 550. The van der Waals surface area contributed by atoms with Gasteiger partial charge < -0.3 is 0 Å². The molecule has 4 heteroatoms. The highest BCUT2D eigenvalue weighted by atomic mass is 79.9. The van der Waals surface area contributed by atoms with Crippen LogP contribution >= 0.6 is 38.9 Å². The van der Waals surface area contributed by atoms with Gasteiger partial charge in [-0.25, -0.2) is 4.39 Å². The van der Waals surface area contributed by atoms with E-state index in [9.17, 15) is 4.39 Å². The highest BCUT2D eigenvalue weighted by Gasteiger charge is 2.17. The third kappa shape index (κ3) is 2.72. The molecule has 0 aliphatic rings. The summed E-state index contributed by atoms with van der Waals surface area (Å²) in [5.74, 6) is -0.211. The Kier molecular flexibility index (Phi) is 3.91. The molecule has 0 saturated carbocycles. The minimum Gasteiger partial charge on any atom is -0.207 e. The second-order valence-corrected chi connectivity index (χ2v) is 6.52. The maximum atomic E-state index is 13.5. The molecule has 17 heavy (non-hydrogen) atoms. The fourth-order valence-corrected chi connectivity index (χ4v) is 4.00. The van der Waals surface area contributed by atoms with Crippen LogP contribution in [-0.2, 0) is 0 Å². The highest BCUT2D eigenvalue weighted by Crippen LogP contribution is 2.39. The maximum Gasteiger partial charge on any atom is 0.126 e. The molecule has 1 aromatic heterocycles. The number of aryl methyl sites for hydroxylation is 2. The van der Waals surface area contributed by atoms with Gasteiger partial charge in [0.05, 0.1) is 5.38 Å². The van der Waals surface area contributed by atoms with Gasteiger partial charge in [0.25, 0.3) is 0 Å². The van der Waals surface area contributed by atoms with E-state index in [1.54, 1.807) is 24.3 Å². The summed E-state index contributed by atoms with van der Waals surface area (Å²) in [5, 5.41) is -0.307. The Balaban J connectivity index is 2.40. The summed E-state index contributed by atoms with van der Waals surface area (Å²) in [6.07, 6.45) is 0. The number of hydrogen-bond acceptors (Lipinski definition) is 1. The first-order chi connectivity index (χ1) is 7.99. The Morgan fingerprint density at radius 2 is 2.00 bits per heavy atom. The number of thiophene rings is 1. The molecule has 1 atom stereocenters. The van der Waals surface area contributed by atoms with Gasteiger partial charge in [0.1, 0.15) is 5.82 Å². The Morgan fingerprint density at radius 1 is 1.29 bits per heavy atom. The average Bonchev–Trinajstić information content (AvgIpc) is 2.61. The van der Waals surface area contributed by atoms with Gasteiger partial charge in [0, 0.05) is 14.2 Å². The first-order valence-electron chi connectivity index (χ1n) is 5.15. The lowest BCUT2D eigenvalue weighted by Crippen LogP contribution is -1.93. The van der Waals surface area contributed by atoms with Gasteiger partial charge in [-0.05, 0) is 53.0 Å². The molecule has 1 aromatic carbocycles. The van der Waals surface area contributed by atoms with E-state index >= 15 is 0 Å². The molecule has 0 fully saturated rings. The smallest absolute Gasteiger partial charge is 0.126 e. The molecule has 0 spiro atoms. The summed E-state index contributed by atoms with van der Waals surface area (Å²) in [6, 6.07) is 7.17. The van der Waals surface area contributed by atoms with Crippen LogP contribution in [0.2, 0.25) is 0 Å². The topological polar surface area (TPSA) is 0 Å². The summed E-state index contributed by atoms with van der Waals surface area (Å²) in [4.78, 5) is 2.21. The standard InChI is InChI=1S/C13H11BrClFS/c1-7-3-4-9(6-11(7)16)12(15)13-10(14)5-8(2)17-13/h3-6,12H,1-2H3. The SMILES string of the molecule is Cc1cc(Br)c(C(Cl)c2ccc(C)c(F)c2)s1. The zero-order chi connectivity index (χ0) is 12.6. The van der Waals surface area contributed by atoms with Crippen molar-refractivity contribution in [3.63, 3.8) is 0 Å². The van der Waals surface area contributed by atoms with Gasteiger partial charge in [-0.2, -0.15) is 0 Å². The Morgan fingerprint density at radius 3 is 2.53 bits per heavy atom. The van der Waals surface area contributed by atoms with Crippen molar-refractivity contribution in [1.29, 1.82) is 0 Å². The van der Waals surface area contributed by atoms with E-state index in [-0.39, 0.29) is 11.2 Å². The van der Waals surface area contributed by atoms with Crippen LogP contribution in [0, 0.1) is 19.7 Å². The molecule has 0 bridgehead atoms. The van der Waals surface area contributed by atoms with Crippen LogP contribution in [0.4, 0.5) is 4.39 Å². The monoisotopic (exact) mass is 332 g/mol. The van der Waals surface area contributed by atoms with Crippen LogP contribution in [0.5, 0.6) is 0 Å². The Labute approximate surface area is 118 Å². The largest absolute Gasteiger partial charge is 0.207 e. The van der Waals surface area contributed by atoms with E-state index in [0.717, 1.165) is 14.9 Å². The third-order valence-electron chi connectivity index (χ3n) is 2.56.